The van der Waals surface area contributed by atoms with Gasteiger partial charge in [0.15, 0.2) is 0 Å². The van der Waals surface area contributed by atoms with Gasteiger partial charge in [0.25, 0.3) is 0 Å². The average molecular weight is 213 g/mol. The molecule has 15 heavy (non-hydrogen) atoms. The third-order valence-electron chi connectivity index (χ3n) is 3.46. The van der Waals surface area contributed by atoms with Crippen LogP contribution in [-0.2, 0) is 9.53 Å². The molecule has 1 atom stereocenters. The van der Waals surface area contributed by atoms with Gasteiger partial charge in [0.05, 0.1) is 19.3 Å². The molecule has 2 aliphatic heterocycles. The smallest absolute Gasteiger partial charge is 0.303 e. The quantitative estimate of drug-likeness (QED) is 0.739. The van der Waals surface area contributed by atoms with E-state index in [2.05, 4.69) is 4.90 Å². The Hall–Kier alpha value is -0.610. The second kappa shape index (κ2) is 4.94. The second-order valence-electron chi connectivity index (χ2n) is 4.63. The third kappa shape index (κ3) is 2.92. The number of likely N-dealkylation sites (tertiary alicyclic amines) is 1. The molecule has 4 heteroatoms. The SMILES string of the molecule is O=C(O)CCCC1CCN(C2COC2)C1. The lowest BCUT2D eigenvalue weighted by atomic mass is 10.0. The molecule has 2 heterocycles. The number of aliphatic carboxylic acids is 1. The Morgan fingerprint density at radius 2 is 2.27 bits per heavy atom. The lowest BCUT2D eigenvalue weighted by Gasteiger charge is -2.34. The largest absolute Gasteiger partial charge is 0.481 e. The van der Waals surface area contributed by atoms with Gasteiger partial charge < -0.3 is 9.84 Å². The molecule has 0 aromatic rings. The minimum atomic E-state index is -0.669. The molecule has 2 aliphatic rings. The Morgan fingerprint density at radius 1 is 1.47 bits per heavy atom. The Balaban J connectivity index is 1.62. The average Bonchev–Trinajstić information content (AvgIpc) is 2.49. The first-order valence-electron chi connectivity index (χ1n) is 5.79. The lowest BCUT2D eigenvalue weighted by Crippen LogP contribution is -2.47. The van der Waals surface area contributed by atoms with Crippen LogP contribution in [-0.4, -0.2) is 48.3 Å². The number of carboxylic acid groups (broad SMARTS) is 1. The molecule has 0 amide bonds. The van der Waals surface area contributed by atoms with Gasteiger partial charge >= 0.3 is 5.97 Å². The molecule has 0 bridgehead atoms. The van der Waals surface area contributed by atoms with Crippen molar-refractivity contribution in [3.63, 3.8) is 0 Å². The highest BCUT2D eigenvalue weighted by molar-refractivity contribution is 5.66. The lowest BCUT2D eigenvalue weighted by molar-refractivity contribution is -0.137. The van der Waals surface area contributed by atoms with Crippen molar-refractivity contribution in [2.75, 3.05) is 26.3 Å². The summed E-state index contributed by atoms with van der Waals surface area (Å²) in [5.74, 6) is 0.0437. The summed E-state index contributed by atoms with van der Waals surface area (Å²) in [6.45, 7) is 4.10. The van der Waals surface area contributed by atoms with Crippen LogP contribution in [0.25, 0.3) is 0 Å². The normalized spacial score (nSPS) is 27.9. The molecular weight excluding hydrogens is 194 g/mol. The van der Waals surface area contributed by atoms with Crippen LogP contribution >= 0.6 is 0 Å². The molecule has 4 nitrogen and oxygen atoms in total. The molecule has 0 radical (unpaired) electrons. The highest BCUT2D eigenvalue weighted by Gasteiger charge is 2.31. The van der Waals surface area contributed by atoms with Crippen LogP contribution in [0.1, 0.15) is 25.7 Å². The van der Waals surface area contributed by atoms with E-state index in [4.69, 9.17) is 9.84 Å². The highest BCUT2D eigenvalue weighted by atomic mass is 16.5. The van der Waals surface area contributed by atoms with E-state index >= 15 is 0 Å². The molecule has 0 aromatic carbocycles. The van der Waals surface area contributed by atoms with Crippen LogP contribution in [0.3, 0.4) is 0 Å². The number of carbonyl (C=O) groups is 1. The third-order valence-corrected chi connectivity index (χ3v) is 3.46. The van der Waals surface area contributed by atoms with Gasteiger partial charge in [-0.05, 0) is 31.7 Å². The van der Waals surface area contributed by atoms with Crippen molar-refractivity contribution in [3.05, 3.63) is 0 Å². The van der Waals surface area contributed by atoms with Gasteiger partial charge in [0, 0.05) is 13.0 Å². The molecule has 0 aliphatic carbocycles. The maximum atomic E-state index is 10.4. The van der Waals surface area contributed by atoms with Crippen molar-refractivity contribution in [1.82, 2.24) is 4.90 Å². The van der Waals surface area contributed by atoms with E-state index in [1.54, 1.807) is 0 Å². The first-order valence-corrected chi connectivity index (χ1v) is 5.79. The summed E-state index contributed by atoms with van der Waals surface area (Å²) in [6.07, 6.45) is 3.45. The predicted molar refractivity (Wildman–Crippen MR) is 55.8 cm³/mol. The van der Waals surface area contributed by atoms with Crippen LogP contribution < -0.4 is 0 Å². The van der Waals surface area contributed by atoms with Crippen molar-refractivity contribution in [1.29, 1.82) is 0 Å². The summed E-state index contributed by atoms with van der Waals surface area (Å²) in [7, 11) is 0. The summed E-state index contributed by atoms with van der Waals surface area (Å²) >= 11 is 0. The van der Waals surface area contributed by atoms with Crippen molar-refractivity contribution >= 4 is 5.97 Å². The van der Waals surface area contributed by atoms with Crippen molar-refractivity contribution in [2.45, 2.75) is 31.7 Å². The minimum Gasteiger partial charge on any atom is -0.481 e. The summed E-state index contributed by atoms with van der Waals surface area (Å²) in [4.78, 5) is 12.9. The Bertz CT molecular complexity index is 228. The second-order valence-corrected chi connectivity index (χ2v) is 4.63. The van der Waals surface area contributed by atoms with Gasteiger partial charge in [0.2, 0.25) is 0 Å². The molecule has 0 aromatic heterocycles. The summed E-state index contributed by atoms with van der Waals surface area (Å²) in [6, 6.07) is 0.648. The fourth-order valence-electron chi connectivity index (χ4n) is 2.41. The number of hydrogen-bond donors (Lipinski definition) is 1. The van der Waals surface area contributed by atoms with Gasteiger partial charge in [-0.25, -0.2) is 0 Å². The summed E-state index contributed by atoms with van der Waals surface area (Å²) in [5, 5.41) is 8.55. The summed E-state index contributed by atoms with van der Waals surface area (Å²) in [5.41, 5.74) is 0. The molecule has 2 rings (SSSR count). The predicted octanol–water partition coefficient (Wildman–Crippen LogP) is 0.962. The number of ether oxygens (including phenoxy) is 1. The topological polar surface area (TPSA) is 49.8 Å². The van der Waals surface area contributed by atoms with Gasteiger partial charge in [-0.2, -0.15) is 0 Å². The monoisotopic (exact) mass is 213 g/mol. The van der Waals surface area contributed by atoms with Gasteiger partial charge in [-0.3, -0.25) is 9.69 Å². The molecule has 86 valence electrons. The molecular formula is C11H19NO3. The van der Waals surface area contributed by atoms with E-state index in [-0.39, 0.29) is 0 Å². The van der Waals surface area contributed by atoms with Crippen LogP contribution in [0.4, 0.5) is 0 Å². The van der Waals surface area contributed by atoms with Gasteiger partial charge in [-0.15, -0.1) is 0 Å². The van der Waals surface area contributed by atoms with Crippen LogP contribution in [0.2, 0.25) is 0 Å². The fourth-order valence-corrected chi connectivity index (χ4v) is 2.41. The number of rotatable bonds is 5. The summed E-state index contributed by atoms with van der Waals surface area (Å²) < 4.78 is 5.18. The maximum Gasteiger partial charge on any atom is 0.303 e. The van der Waals surface area contributed by atoms with E-state index in [1.807, 2.05) is 0 Å². The van der Waals surface area contributed by atoms with Crippen LogP contribution in [0, 0.1) is 5.92 Å². The molecule has 0 saturated carbocycles. The van der Waals surface area contributed by atoms with E-state index < -0.39 is 5.97 Å². The molecule has 1 unspecified atom stereocenters. The van der Waals surface area contributed by atoms with Crippen molar-refractivity contribution in [2.24, 2.45) is 5.92 Å². The van der Waals surface area contributed by atoms with Gasteiger partial charge in [-0.1, -0.05) is 0 Å². The number of nitrogens with zero attached hydrogens (tertiary/aromatic N) is 1. The highest BCUT2D eigenvalue weighted by Crippen LogP contribution is 2.25. The minimum absolute atomic E-state index is 0.322. The zero-order chi connectivity index (χ0) is 10.7. The van der Waals surface area contributed by atoms with E-state index in [0.29, 0.717) is 18.4 Å². The number of carboxylic acids is 1. The Morgan fingerprint density at radius 3 is 2.87 bits per heavy atom. The zero-order valence-corrected chi connectivity index (χ0v) is 9.02. The van der Waals surface area contributed by atoms with Crippen molar-refractivity contribution in [3.8, 4) is 0 Å². The standard InChI is InChI=1S/C11H19NO3/c13-11(14)3-1-2-9-4-5-12(6-9)10-7-15-8-10/h9-10H,1-8H2,(H,13,14). The Kier molecular flexibility index (Phi) is 3.59. The van der Waals surface area contributed by atoms with E-state index in [0.717, 1.165) is 32.6 Å². The molecule has 2 saturated heterocycles. The zero-order valence-electron chi connectivity index (χ0n) is 9.02. The van der Waals surface area contributed by atoms with Crippen LogP contribution in [0.15, 0.2) is 0 Å². The van der Waals surface area contributed by atoms with Crippen molar-refractivity contribution < 1.29 is 14.6 Å². The number of hydrogen-bond acceptors (Lipinski definition) is 3. The Labute approximate surface area is 90.2 Å². The fraction of sp³-hybridized carbons (Fsp3) is 0.909. The van der Waals surface area contributed by atoms with Crippen LogP contribution in [0.5, 0.6) is 0 Å². The first-order chi connectivity index (χ1) is 7.25. The molecule has 1 N–H and O–H groups in total. The van der Waals surface area contributed by atoms with Gasteiger partial charge in [0.1, 0.15) is 0 Å². The maximum absolute atomic E-state index is 10.4. The molecule has 2 fully saturated rings. The molecule has 0 spiro atoms. The van der Waals surface area contributed by atoms with E-state index in [1.165, 1.54) is 13.0 Å². The first kappa shape index (κ1) is 10.9. The van der Waals surface area contributed by atoms with E-state index in [9.17, 15) is 4.79 Å².